The zero-order valence-electron chi connectivity index (χ0n) is 13.3. The topological polar surface area (TPSA) is 52.7 Å². The quantitative estimate of drug-likeness (QED) is 0.690. The Morgan fingerprint density at radius 1 is 1.10 bits per heavy atom. The van der Waals surface area contributed by atoms with E-state index in [1.807, 2.05) is 25.9 Å². The third kappa shape index (κ3) is 6.52. The van der Waals surface area contributed by atoms with Gasteiger partial charge in [-0.2, -0.15) is 0 Å². The molecule has 1 aliphatic rings. The molecule has 0 saturated carbocycles. The maximum absolute atomic E-state index is 12.5. The first kappa shape index (κ1) is 17.9. The smallest absolute Gasteiger partial charge is 0.214 e. The van der Waals surface area contributed by atoms with Crippen LogP contribution >= 0.6 is 0 Å². The summed E-state index contributed by atoms with van der Waals surface area (Å²) < 4.78 is 26.6. The Morgan fingerprint density at radius 2 is 1.75 bits per heavy atom. The Kier molecular flexibility index (Phi) is 8.02. The molecule has 5 nitrogen and oxygen atoms in total. The highest BCUT2D eigenvalue weighted by Crippen LogP contribution is 2.18. The second kappa shape index (κ2) is 8.97. The van der Waals surface area contributed by atoms with Crippen LogP contribution in [0.4, 0.5) is 0 Å². The molecule has 1 saturated heterocycles. The minimum atomic E-state index is -3.09. The molecule has 1 rings (SSSR count). The van der Waals surface area contributed by atoms with E-state index in [0.29, 0.717) is 24.8 Å². The molecule has 0 bridgehead atoms. The van der Waals surface area contributed by atoms with Crippen LogP contribution in [-0.4, -0.2) is 70.2 Å². The predicted octanol–water partition coefficient (Wildman–Crippen LogP) is 0.980. The number of hydrogen-bond donors (Lipinski definition) is 1. The molecule has 0 aliphatic carbocycles. The Bertz CT molecular complexity index is 351. The molecule has 6 heteroatoms. The average Bonchev–Trinajstić information content (AvgIpc) is 2.42. The largest absolute Gasteiger partial charge is 0.317 e. The molecule has 1 N–H and O–H groups in total. The molecule has 1 fully saturated rings. The summed E-state index contributed by atoms with van der Waals surface area (Å²) in [5, 5.41) is 3.32. The summed E-state index contributed by atoms with van der Waals surface area (Å²) in [5.41, 5.74) is 0. The van der Waals surface area contributed by atoms with Crippen molar-refractivity contribution in [1.82, 2.24) is 14.5 Å². The van der Waals surface area contributed by atoms with Gasteiger partial charge >= 0.3 is 0 Å². The zero-order chi connectivity index (χ0) is 15.0. The van der Waals surface area contributed by atoms with E-state index in [-0.39, 0.29) is 0 Å². The van der Waals surface area contributed by atoms with Gasteiger partial charge in [0.15, 0.2) is 0 Å². The van der Waals surface area contributed by atoms with Crippen molar-refractivity contribution in [3.63, 3.8) is 0 Å². The zero-order valence-corrected chi connectivity index (χ0v) is 14.1. The number of likely N-dealkylation sites (N-methyl/N-ethyl adjacent to an activating group) is 1. The molecule has 20 heavy (non-hydrogen) atoms. The summed E-state index contributed by atoms with van der Waals surface area (Å²) in [6.07, 6.45) is 3.91. The Hall–Kier alpha value is -0.170. The first-order chi connectivity index (χ1) is 9.45. The molecular weight excluding hydrogens is 274 g/mol. The van der Waals surface area contributed by atoms with Crippen molar-refractivity contribution in [2.24, 2.45) is 5.92 Å². The Labute approximate surface area is 124 Å². The average molecular weight is 305 g/mol. The minimum absolute atomic E-state index is 0.311. The molecule has 0 radical (unpaired) electrons. The molecular formula is C14H31N3O2S. The molecule has 0 amide bonds. The Morgan fingerprint density at radius 3 is 2.30 bits per heavy atom. The van der Waals surface area contributed by atoms with Gasteiger partial charge in [-0.05, 0) is 58.8 Å². The number of rotatable bonds is 9. The molecule has 0 aromatic carbocycles. The second-order valence-electron chi connectivity index (χ2n) is 6.00. The predicted molar refractivity (Wildman–Crippen MR) is 84.4 cm³/mol. The number of piperidine rings is 1. The van der Waals surface area contributed by atoms with E-state index in [0.717, 1.165) is 45.3 Å². The van der Waals surface area contributed by atoms with E-state index < -0.39 is 10.0 Å². The van der Waals surface area contributed by atoms with Crippen molar-refractivity contribution in [2.75, 3.05) is 52.6 Å². The molecule has 0 spiro atoms. The molecule has 0 atom stereocenters. The summed E-state index contributed by atoms with van der Waals surface area (Å²) in [6, 6.07) is 0. The number of hydrogen-bond acceptors (Lipinski definition) is 4. The summed E-state index contributed by atoms with van der Waals surface area (Å²) in [6.45, 7) is 6.13. The van der Waals surface area contributed by atoms with E-state index in [4.69, 9.17) is 0 Å². The normalized spacial score (nSPS) is 18.1. The molecule has 120 valence electrons. The van der Waals surface area contributed by atoms with Gasteiger partial charge in [-0.25, -0.2) is 12.7 Å². The third-order valence-corrected chi connectivity index (χ3v) is 5.81. The Balaban J connectivity index is 2.48. The van der Waals surface area contributed by atoms with Crippen LogP contribution in [0.1, 0.15) is 32.6 Å². The van der Waals surface area contributed by atoms with Crippen LogP contribution in [0.3, 0.4) is 0 Å². The van der Waals surface area contributed by atoms with Gasteiger partial charge in [0.2, 0.25) is 10.0 Å². The molecule has 1 heterocycles. The highest BCUT2D eigenvalue weighted by atomic mass is 32.2. The molecule has 0 unspecified atom stereocenters. The van der Waals surface area contributed by atoms with Crippen LogP contribution in [0.25, 0.3) is 0 Å². The molecule has 0 aromatic heterocycles. The highest BCUT2D eigenvalue weighted by Gasteiger charge is 2.23. The van der Waals surface area contributed by atoms with E-state index in [1.54, 1.807) is 4.31 Å². The fourth-order valence-electron chi connectivity index (χ4n) is 2.57. The van der Waals surface area contributed by atoms with Crippen molar-refractivity contribution in [3.8, 4) is 0 Å². The lowest BCUT2D eigenvalue weighted by molar-refractivity contribution is 0.328. The van der Waals surface area contributed by atoms with Crippen molar-refractivity contribution >= 4 is 10.0 Å². The van der Waals surface area contributed by atoms with Crippen molar-refractivity contribution in [2.45, 2.75) is 32.6 Å². The van der Waals surface area contributed by atoms with Gasteiger partial charge in [-0.15, -0.1) is 0 Å². The maximum Gasteiger partial charge on any atom is 0.214 e. The lowest BCUT2D eigenvalue weighted by Gasteiger charge is -2.26. The number of nitrogens with zero attached hydrogens (tertiary/aromatic N) is 2. The SMILES string of the molecule is CCCN(CCN(C)C)S(=O)(=O)CCC1CCNCC1. The van der Waals surface area contributed by atoms with Gasteiger partial charge in [0, 0.05) is 19.6 Å². The van der Waals surface area contributed by atoms with Crippen LogP contribution in [0.15, 0.2) is 0 Å². The minimum Gasteiger partial charge on any atom is -0.317 e. The van der Waals surface area contributed by atoms with Gasteiger partial charge in [0.25, 0.3) is 0 Å². The first-order valence-electron chi connectivity index (χ1n) is 7.79. The van der Waals surface area contributed by atoms with E-state index in [9.17, 15) is 8.42 Å². The van der Waals surface area contributed by atoms with E-state index >= 15 is 0 Å². The van der Waals surface area contributed by atoms with Crippen LogP contribution in [0, 0.1) is 5.92 Å². The summed E-state index contributed by atoms with van der Waals surface area (Å²) in [5.74, 6) is 0.883. The number of nitrogens with one attached hydrogen (secondary N) is 1. The standard InChI is InChI=1S/C14H31N3O2S/c1-4-10-17(12-11-16(2)3)20(18,19)13-7-14-5-8-15-9-6-14/h14-15H,4-13H2,1-3H3. The monoisotopic (exact) mass is 305 g/mol. The molecule has 1 aliphatic heterocycles. The third-order valence-electron chi connectivity index (χ3n) is 3.91. The van der Waals surface area contributed by atoms with E-state index in [2.05, 4.69) is 5.32 Å². The summed E-state index contributed by atoms with van der Waals surface area (Å²) in [4.78, 5) is 2.03. The van der Waals surface area contributed by atoms with Crippen LogP contribution < -0.4 is 5.32 Å². The van der Waals surface area contributed by atoms with Crippen molar-refractivity contribution in [1.29, 1.82) is 0 Å². The van der Waals surface area contributed by atoms with Gasteiger partial charge in [-0.3, -0.25) is 0 Å². The van der Waals surface area contributed by atoms with Gasteiger partial charge < -0.3 is 10.2 Å². The lowest BCUT2D eigenvalue weighted by atomic mass is 9.96. The highest BCUT2D eigenvalue weighted by molar-refractivity contribution is 7.89. The van der Waals surface area contributed by atoms with Gasteiger partial charge in [0.05, 0.1) is 5.75 Å². The van der Waals surface area contributed by atoms with Gasteiger partial charge in [0.1, 0.15) is 0 Å². The molecule has 0 aromatic rings. The fraction of sp³-hybridized carbons (Fsp3) is 1.00. The maximum atomic E-state index is 12.5. The second-order valence-corrected chi connectivity index (χ2v) is 8.09. The lowest BCUT2D eigenvalue weighted by Crippen LogP contribution is -2.39. The summed E-state index contributed by atoms with van der Waals surface area (Å²) >= 11 is 0. The van der Waals surface area contributed by atoms with Gasteiger partial charge in [-0.1, -0.05) is 6.92 Å². The summed E-state index contributed by atoms with van der Waals surface area (Å²) in [7, 11) is 0.863. The van der Waals surface area contributed by atoms with Crippen molar-refractivity contribution < 1.29 is 8.42 Å². The number of sulfonamides is 1. The first-order valence-corrected chi connectivity index (χ1v) is 9.40. The van der Waals surface area contributed by atoms with Crippen molar-refractivity contribution in [3.05, 3.63) is 0 Å². The van der Waals surface area contributed by atoms with Crippen LogP contribution in [0.2, 0.25) is 0 Å². The van der Waals surface area contributed by atoms with Crippen LogP contribution in [-0.2, 0) is 10.0 Å². The van der Waals surface area contributed by atoms with E-state index in [1.165, 1.54) is 0 Å². The van der Waals surface area contributed by atoms with Crippen LogP contribution in [0.5, 0.6) is 0 Å². The fourth-order valence-corrected chi connectivity index (χ4v) is 4.28.